The van der Waals surface area contributed by atoms with Gasteiger partial charge in [-0.3, -0.25) is 9.59 Å². The predicted octanol–water partition coefficient (Wildman–Crippen LogP) is 8.62. The van der Waals surface area contributed by atoms with Crippen molar-refractivity contribution in [2.24, 2.45) is 0 Å². The Morgan fingerprint density at radius 1 is 0.565 bits per heavy atom. The molecule has 62 heavy (non-hydrogen) atoms. The van der Waals surface area contributed by atoms with Gasteiger partial charge in [0.25, 0.3) is 11.8 Å². The first-order valence-corrected chi connectivity index (χ1v) is 19.0. The van der Waals surface area contributed by atoms with Crippen molar-refractivity contribution in [3.8, 4) is 57.0 Å². The number of hydrogen-bond acceptors (Lipinski definition) is 10. The van der Waals surface area contributed by atoms with Crippen molar-refractivity contribution in [2.45, 2.75) is 0 Å². The number of amides is 2. The zero-order valence-electron chi connectivity index (χ0n) is 35.1. The monoisotopic (exact) mass is 848 g/mol. The lowest BCUT2D eigenvalue weighted by atomic mass is 10.1. The first-order valence-electron chi connectivity index (χ1n) is 19.0. The lowest BCUT2D eigenvalue weighted by molar-refractivity contribution is 0.0984. The summed E-state index contributed by atoms with van der Waals surface area (Å²) in [6.07, 6.45) is 1.28. The molecule has 0 aliphatic carbocycles. The molecule has 7 rings (SSSR count). The van der Waals surface area contributed by atoms with Crippen LogP contribution in [-0.4, -0.2) is 85.6 Å². The van der Waals surface area contributed by atoms with E-state index in [0.29, 0.717) is 79.8 Å². The molecule has 2 N–H and O–H groups in total. The molecular formula is C45H43BF2N4O10. The van der Waals surface area contributed by atoms with Crippen molar-refractivity contribution in [1.29, 1.82) is 0 Å². The molecule has 1 aliphatic rings. The van der Waals surface area contributed by atoms with Gasteiger partial charge >= 0.3 is 7.11 Å². The maximum Gasteiger partial charge on any atom is 0.693 e. The number of methoxy groups -OCH3 is 6. The Hall–Kier alpha value is -7.53. The van der Waals surface area contributed by atoms with Crippen molar-refractivity contribution < 1.29 is 56.0 Å². The Kier molecular flexibility index (Phi) is 12.1. The number of aromatic nitrogens is 2. The Morgan fingerprint density at radius 3 is 1.39 bits per heavy atom. The van der Waals surface area contributed by atoms with Gasteiger partial charge in [0.05, 0.1) is 54.4 Å². The zero-order valence-corrected chi connectivity index (χ0v) is 35.1. The Morgan fingerprint density at radius 2 is 0.968 bits per heavy atom. The minimum absolute atomic E-state index is 0.116. The van der Waals surface area contributed by atoms with Crippen molar-refractivity contribution >= 4 is 36.1 Å². The lowest BCUT2D eigenvalue weighted by Crippen LogP contribution is -2.36. The second kappa shape index (κ2) is 17.6. The molecule has 0 fully saturated rings. The molecule has 320 valence electrons. The molecule has 1 aliphatic heterocycles. The van der Waals surface area contributed by atoms with E-state index in [1.165, 1.54) is 58.5 Å². The summed E-state index contributed by atoms with van der Waals surface area (Å²) in [7, 11) is 7.44. The van der Waals surface area contributed by atoms with Crippen LogP contribution in [0.1, 0.15) is 32.1 Å². The van der Waals surface area contributed by atoms with Crippen LogP contribution in [0, 0.1) is 6.10 Å². The highest BCUT2D eigenvalue weighted by Crippen LogP contribution is 2.41. The zero-order chi connectivity index (χ0) is 44.3. The number of halogens is 2. The van der Waals surface area contributed by atoms with E-state index in [-0.39, 0.29) is 23.7 Å². The number of anilines is 2. The van der Waals surface area contributed by atoms with Crippen LogP contribution in [0.25, 0.3) is 28.3 Å². The third-order valence-electron chi connectivity index (χ3n) is 10.3. The lowest BCUT2D eigenvalue weighted by Gasteiger charge is -2.29. The van der Waals surface area contributed by atoms with Gasteiger partial charge < -0.3 is 66.1 Å². The summed E-state index contributed by atoms with van der Waals surface area (Å²) in [6.45, 7) is 0. The van der Waals surface area contributed by atoms with Gasteiger partial charge in [-0.15, -0.1) is 0 Å². The molecule has 4 aromatic carbocycles. The minimum Gasteiger partial charge on any atom is -0.570 e. The Labute approximate surface area is 356 Å². The number of H-pyrrole nitrogens is 2. The molecule has 0 saturated carbocycles. The topological polar surface area (TPSA) is 146 Å². The summed E-state index contributed by atoms with van der Waals surface area (Å²) < 4.78 is 72.4. The molecule has 14 nitrogen and oxygen atoms in total. The van der Waals surface area contributed by atoms with Crippen molar-refractivity contribution in [1.82, 2.24) is 9.97 Å². The van der Waals surface area contributed by atoms with Crippen LogP contribution in [0.4, 0.5) is 20.0 Å². The van der Waals surface area contributed by atoms with E-state index in [9.17, 15) is 9.59 Å². The van der Waals surface area contributed by atoms with Crippen molar-refractivity contribution in [3.63, 3.8) is 0 Å². The van der Waals surface area contributed by atoms with E-state index in [4.69, 9.17) is 37.7 Å². The third-order valence-corrected chi connectivity index (χ3v) is 10.3. The van der Waals surface area contributed by atoms with Crippen LogP contribution in [-0.2, 0) is 9.31 Å². The van der Waals surface area contributed by atoms with Gasteiger partial charge in [0.2, 0.25) is 11.5 Å². The standard InChI is InChI=1S/C45H43BF2N4O10/c1-51(44(53)28-21-38(55-3)42(59-7)39(22-28)56-4)30-13-9-26(10-14-30)32-17-19-34(49-32)36-25-37(62-46(47,48)61-36)35-20-18-33(50-35)27-11-15-31(16-12-27)52(2)45(54)29-23-40(57-5)43(60-8)41(24-29)58-6/h9-25,49-50H,1-8H3. The molecule has 2 amide bonds. The van der Waals surface area contributed by atoms with Crippen LogP contribution in [0.3, 0.4) is 0 Å². The number of nitrogens with one attached hydrogen (secondary N) is 2. The quantitative estimate of drug-likeness (QED) is 0.0807. The van der Waals surface area contributed by atoms with Gasteiger partial charge in [-0.2, -0.15) is 0 Å². The van der Waals surface area contributed by atoms with Crippen LogP contribution in [0.5, 0.6) is 34.5 Å². The van der Waals surface area contributed by atoms with Crippen LogP contribution >= 0.6 is 0 Å². The average Bonchev–Trinajstić information content (AvgIpc) is 4.01. The molecule has 2 aromatic heterocycles. The fraction of sp³-hybridized carbons (Fsp3) is 0.178. The van der Waals surface area contributed by atoms with E-state index < -0.39 is 7.11 Å². The molecule has 17 heteroatoms. The summed E-state index contributed by atoms with van der Waals surface area (Å²) >= 11 is 0. The number of carbonyl (C=O) groups excluding carboxylic acids is 2. The molecule has 3 heterocycles. The predicted molar refractivity (Wildman–Crippen MR) is 231 cm³/mol. The number of rotatable bonds is 14. The minimum atomic E-state index is -4.72. The van der Waals surface area contributed by atoms with Gasteiger partial charge in [0, 0.05) is 48.4 Å². The summed E-state index contributed by atoms with van der Waals surface area (Å²) in [5.41, 5.74) is 5.19. The van der Waals surface area contributed by atoms with E-state index in [1.807, 2.05) is 0 Å². The molecular weight excluding hydrogens is 805 g/mol. The van der Waals surface area contributed by atoms with Crippen molar-refractivity contribution in [3.05, 3.63) is 132 Å². The molecule has 0 saturated heterocycles. The number of carbonyl (C=O) groups is 2. The second-order valence-electron chi connectivity index (χ2n) is 13.9. The van der Waals surface area contributed by atoms with Gasteiger partial charge in [0.1, 0.15) is 11.8 Å². The molecule has 6 aromatic rings. The van der Waals surface area contributed by atoms with Crippen LogP contribution in [0.2, 0.25) is 0 Å². The summed E-state index contributed by atoms with van der Waals surface area (Å²) in [6, 6.07) is 27.4. The molecule has 0 radical (unpaired) electrons. The maximum atomic E-state index is 15.0. The first kappa shape index (κ1) is 42.6. The number of ether oxygens (including phenoxy) is 6. The third kappa shape index (κ3) is 8.42. The number of aromatic amines is 2. The molecule has 0 atom stereocenters. The summed E-state index contributed by atoms with van der Waals surface area (Å²) in [5, 5.41) is 0. The summed E-state index contributed by atoms with van der Waals surface area (Å²) in [5.74, 6) is 1.42. The van der Waals surface area contributed by atoms with E-state index >= 15 is 8.63 Å². The second-order valence-corrected chi connectivity index (χ2v) is 13.9. The molecule has 0 bridgehead atoms. The summed E-state index contributed by atoms with van der Waals surface area (Å²) in [4.78, 5) is 36.2. The van der Waals surface area contributed by atoms with Gasteiger partial charge in [-0.1, -0.05) is 24.3 Å². The maximum absolute atomic E-state index is 15.0. The fourth-order valence-corrected chi connectivity index (χ4v) is 6.96. The largest absolute Gasteiger partial charge is 0.693 e. The Balaban J connectivity index is 1.05. The van der Waals surface area contributed by atoms with E-state index in [1.54, 1.807) is 111 Å². The van der Waals surface area contributed by atoms with Crippen LogP contribution < -0.4 is 38.2 Å². The number of benzene rings is 4. The normalized spacial score (nSPS) is 13.1. The molecule has 0 unspecified atom stereocenters. The van der Waals surface area contributed by atoms with Crippen LogP contribution in [0.15, 0.2) is 103 Å². The van der Waals surface area contributed by atoms with Gasteiger partial charge in [-0.05, 0) is 71.8 Å². The number of nitrogens with zero attached hydrogens (tertiary/aromatic N) is 2. The first-order chi connectivity index (χ1) is 29.8. The highest BCUT2D eigenvalue weighted by molar-refractivity contribution is 6.53. The Bertz CT molecular complexity index is 2580. The van der Waals surface area contributed by atoms with Crippen molar-refractivity contribution in [2.75, 3.05) is 66.6 Å². The highest BCUT2D eigenvalue weighted by atomic mass is 19.3. The highest BCUT2D eigenvalue weighted by Gasteiger charge is 2.45. The smallest absolute Gasteiger partial charge is 0.570 e. The fourth-order valence-electron chi connectivity index (χ4n) is 6.96. The van der Waals surface area contributed by atoms with Gasteiger partial charge in [0.15, 0.2) is 40.6 Å². The SMILES string of the molecule is COc1cc(C(=O)N(C)c2ccc(-c3ccc(C4=C[C+](c5ccc(-c6ccc(N(C)C(=O)c7cc(OC)c(OC)c(OC)c7)cc6)[nH]5)O[B-](F)(F)O4)[nH]3)cc2)cc(OC)c1OC. The average molecular weight is 849 g/mol. The number of hydrogen-bond donors (Lipinski definition) is 2. The van der Waals surface area contributed by atoms with E-state index in [2.05, 4.69) is 9.97 Å². The van der Waals surface area contributed by atoms with Gasteiger partial charge in [-0.25, -0.2) is 0 Å². The molecule has 0 spiro atoms. The van der Waals surface area contributed by atoms with E-state index in [0.717, 1.165) is 11.1 Å².